The molecule has 4 aliphatic carbocycles. The molecule has 0 saturated heterocycles. The van der Waals surface area contributed by atoms with Gasteiger partial charge < -0.3 is 5.73 Å². The van der Waals surface area contributed by atoms with E-state index in [0.29, 0.717) is 11.5 Å². The number of allylic oxidation sites excluding steroid dienone is 1. The first-order valence-corrected chi connectivity index (χ1v) is 8.05. The predicted octanol–water partition coefficient (Wildman–Crippen LogP) is 4.28. The predicted molar refractivity (Wildman–Crippen MR) is 77.2 cm³/mol. The van der Waals surface area contributed by atoms with Crippen molar-refractivity contribution in [3.63, 3.8) is 0 Å². The second-order valence-electron chi connectivity index (χ2n) is 7.60. The average molecular weight is 247 g/mol. The zero-order valence-electron chi connectivity index (χ0n) is 11.7. The molecule has 0 spiro atoms. The van der Waals surface area contributed by atoms with Gasteiger partial charge in [0, 0.05) is 6.04 Å². The highest BCUT2D eigenvalue weighted by Gasteiger charge is 2.50. The fraction of sp³-hybridized carbons (Fsp3) is 0.882. The van der Waals surface area contributed by atoms with Gasteiger partial charge >= 0.3 is 0 Å². The third-order valence-corrected chi connectivity index (χ3v) is 5.84. The van der Waals surface area contributed by atoms with Crippen molar-refractivity contribution < 1.29 is 0 Å². The highest BCUT2D eigenvalue weighted by atomic mass is 14.7. The molecule has 0 amide bonds. The van der Waals surface area contributed by atoms with Gasteiger partial charge in [-0.25, -0.2) is 0 Å². The van der Waals surface area contributed by atoms with E-state index in [2.05, 4.69) is 6.58 Å². The fourth-order valence-corrected chi connectivity index (χ4v) is 5.72. The van der Waals surface area contributed by atoms with Crippen LogP contribution in [0.2, 0.25) is 0 Å². The van der Waals surface area contributed by atoms with Crippen molar-refractivity contribution in [2.75, 3.05) is 0 Å². The van der Waals surface area contributed by atoms with E-state index in [4.69, 9.17) is 5.73 Å². The molecule has 4 saturated carbocycles. The van der Waals surface area contributed by atoms with Crippen molar-refractivity contribution in [3.8, 4) is 0 Å². The van der Waals surface area contributed by atoms with Crippen LogP contribution in [0.4, 0.5) is 0 Å². The molecule has 4 bridgehead atoms. The smallest absolute Gasteiger partial charge is 0.00442 e. The normalized spacial score (nSPS) is 43.1. The van der Waals surface area contributed by atoms with E-state index in [1.807, 2.05) is 6.08 Å². The van der Waals surface area contributed by atoms with Gasteiger partial charge in [0.1, 0.15) is 0 Å². The summed E-state index contributed by atoms with van der Waals surface area (Å²) >= 11 is 0. The molecule has 4 fully saturated rings. The molecule has 0 aromatic carbocycles. The molecule has 0 aromatic rings. The molecule has 0 aromatic heterocycles. The van der Waals surface area contributed by atoms with Gasteiger partial charge in [-0.3, -0.25) is 0 Å². The van der Waals surface area contributed by atoms with Gasteiger partial charge in [0.15, 0.2) is 0 Å². The summed E-state index contributed by atoms with van der Waals surface area (Å²) in [5.41, 5.74) is 7.07. The topological polar surface area (TPSA) is 26.0 Å². The van der Waals surface area contributed by atoms with Crippen LogP contribution in [0.5, 0.6) is 0 Å². The molecule has 0 aliphatic heterocycles. The van der Waals surface area contributed by atoms with Crippen LogP contribution < -0.4 is 5.73 Å². The molecule has 0 heterocycles. The van der Waals surface area contributed by atoms with Gasteiger partial charge in [-0.15, -0.1) is 6.58 Å². The van der Waals surface area contributed by atoms with Gasteiger partial charge in [0.25, 0.3) is 0 Å². The first-order chi connectivity index (χ1) is 8.69. The third kappa shape index (κ3) is 2.52. The zero-order chi connectivity index (χ0) is 12.6. The maximum Gasteiger partial charge on any atom is 0.00442 e. The first-order valence-electron chi connectivity index (χ1n) is 8.05. The molecule has 1 nitrogen and oxygen atoms in total. The molecule has 1 unspecified atom stereocenters. The molecule has 0 radical (unpaired) electrons. The fourth-order valence-electron chi connectivity index (χ4n) is 5.72. The van der Waals surface area contributed by atoms with E-state index >= 15 is 0 Å². The Hall–Kier alpha value is -0.300. The molecular weight excluding hydrogens is 218 g/mol. The standard InChI is InChI=1S/C17H29N/c1-2-3-4-5-16(18)12-17-9-13-6-14(10-17)8-15(7-13)11-17/h2,13-16H,1,3-12,18H2. The van der Waals surface area contributed by atoms with Crippen LogP contribution in [-0.4, -0.2) is 6.04 Å². The SMILES string of the molecule is C=CCCCC(N)CC12CC3CC(CC(C3)C1)C2. The molecule has 18 heavy (non-hydrogen) atoms. The average Bonchev–Trinajstić information content (AvgIpc) is 2.26. The van der Waals surface area contributed by atoms with Gasteiger partial charge in [0.2, 0.25) is 0 Å². The minimum absolute atomic E-state index is 0.446. The van der Waals surface area contributed by atoms with Crippen molar-refractivity contribution in [2.24, 2.45) is 28.9 Å². The third-order valence-electron chi connectivity index (χ3n) is 5.84. The number of hydrogen-bond acceptors (Lipinski definition) is 1. The summed E-state index contributed by atoms with van der Waals surface area (Å²) in [7, 11) is 0. The first kappa shape index (κ1) is 12.7. The molecule has 1 atom stereocenters. The van der Waals surface area contributed by atoms with Gasteiger partial charge in [-0.2, -0.15) is 0 Å². The second-order valence-corrected chi connectivity index (χ2v) is 7.60. The Kier molecular flexibility index (Phi) is 3.53. The second kappa shape index (κ2) is 5.00. The summed E-state index contributed by atoms with van der Waals surface area (Å²) in [6, 6.07) is 0.446. The Morgan fingerprint density at radius 3 is 2.17 bits per heavy atom. The van der Waals surface area contributed by atoms with Gasteiger partial charge in [0.05, 0.1) is 0 Å². The van der Waals surface area contributed by atoms with Crippen molar-refractivity contribution in [1.82, 2.24) is 0 Å². The monoisotopic (exact) mass is 247 g/mol. The Morgan fingerprint density at radius 1 is 1.11 bits per heavy atom. The summed E-state index contributed by atoms with van der Waals surface area (Å²) < 4.78 is 0. The van der Waals surface area contributed by atoms with E-state index < -0.39 is 0 Å². The molecule has 4 aliphatic rings. The minimum Gasteiger partial charge on any atom is -0.328 e. The van der Waals surface area contributed by atoms with E-state index in [0.717, 1.165) is 24.2 Å². The van der Waals surface area contributed by atoms with Crippen molar-refractivity contribution in [3.05, 3.63) is 12.7 Å². The molecular formula is C17H29N. The van der Waals surface area contributed by atoms with Gasteiger partial charge in [-0.1, -0.05) is 6.08 Å². The number of hydrogen-bond donors (Lipinski definition) is 1. The highest BCUT2D eigenvalue weighted by Crippen LogP contribution is 2.61. The van der Waals surface area contributed by atoms with Crippen molar-refractivity contribution in [1.29, 1.82) is 0 Å². The molecule has 4 rings (SSSR count). The molecule has 2 N–H and O–H groups in total. The van der Waals surface area contributed by atoms with E-state index in [1.165, 1.54) is 38.5 Å². The summed E-state index contributed by atoms with van der Waals surface area (Å²) in [6.45, 7) is 3.80. The highest BCUT2D eigenvalue weighted by molar-refractivity contribution is 5.02. The Bertz CT molecular complexity index is 271. The minimum atomic E-state index is 0.446. The summed E-state index contributed by atoms with van der Waals surface area (Å²) in [5.74, 6) is 3.20. The van der Waals surface area contributed by atoms with Crippen LogP contribution >= 0.6 is 0 Å². The van der Waals surface area contributed by atoms with Crippen LogP contribution in [0.3, 0.4) is 0 Å². The van der Waals surface area contributed by atoms with Crippen LogP contribution in [-0.2, 0) is 0 Å². The largest absolute Gasteiger partial charge is 0.328 e. The van der Waals surface area contributed by atoms with E-state index in [-0.39, 0.29) is 0 Å². The van der Waals surface area contributed by atoms with Crippen LogP contribution in [0, 0.1) is 23.2 Å². The van der Waals surface area contributed by atoms with Crippen LogP contribution in [0.1, 0.15) is 64.2 Å². The van der Waals surface area contributed by atoms with Gasteiger partial charge in [-0.05, 0) is 87.4 Å². The van der Waals surface area contributed by atoms with E-state index in [1.54, 1.807) is 19.3 Å². The number of nitrogens with two attached hydrogens (primary N) is 1. The quantitative estimate of drug-likeness (QED) is 0.550. The summed E-state index contributed by atoms with van der Waals surface area (Å²) in [6.07, 6.45) is 16.1. The lowest BCUT2D eigenvalue weighted by atomic mass is 9.48. The zero-order valence-corrected chi connectivity index (χ0v) is 11.7. The Morgan fingerprint density at radius 2 is 1.67 bits per heavy atom. The van der Waals surface area contributed by atoms with Crippen molar-refractivity contribution in [2.45, 2.75) is 70.3 Å². The molecule has 102 valence electrons. The van der Waals surface area contributed by atoms with Crippen LogP contribution in [0.15, 0.2) is 12.7 Å². The maximum atomic E-state index is 6.40. The summed E-state index contributed by atoms with van der Waals surface area (Å²) in [4.78, 5) is 0. The van der Waals surface area contributed by atoms with Crippen molar-refractivity contribution >= 4 is 0 Å². The Labute approximate surface area is 112 Å². The van der Waals surface area contributed by atoms with Crippen LogP contribution in [0.25, 0.3) is 0 Å². The lowest BCUT2D eigenvalue weighted by Crippen LogP contribution is -2.48. The Balaban J connectivity index is 1.56. The lowest BCUT2D eigenvalue weighted by molar-refractivity contribution is -0.0606. The summed E-state index contributed by atoms with van der Waals surface area (Å²) in [5, 5.41) is 0. The van der Waals surface area contributed by atoms with E-state index in [9.17, 15) is 0 Å². The number of rotatable bonds is 6. The number of unbranched alkanes of at least 4 members (excludes halogenated alkanes) is 1. The maximum absolute atomic E-state index is 6.40. The lowest BCUT2D eigenvalue weighted by Gasteiger charge is -2.57. The molecule has 1 heteroatoms.